The van der Waals surface area contributed by atoms with E-state index in [2.05, 4.69) is 19.0 Å². The number of phosphoric ester groups is 1. The predicted molar refractivity (Wildman–Crippen MR) is 142 cm³/mol. The molecular formula is C21H46N4O10P2W. The zero-order valence-electron chi connectivity index (χ0n) is 22.0. The molecule has 0 aliphatic rings. The fourth-order valence-electron chi connectivity index (χ4n) is 2.89. The van der Waals surface area contributed by atoms with Crippen molar-refractivity contribution in [3.8, 4) is 0 Å². The third-order valence-electron chi connectivity index (χ3n) is 4.72. The monoisotopic (exact) mass is 760 g/mol. The Kier molecular flexibility index (Phi) is 30.0. The summed E-state index contributed by atoms with van der Waals surface area (Å²) in [6.45, 7) is 3.80. The van der Waals surface area contributed by atoms with Crippen LogP contribution < -0.4 is 11.5 Å². The molecule has 0 aromatic rings. The molecule has 0 atom stereocenters. The van der Waals surface area contributed by atoms with Gasteiger partial charge in [-0.3, -0.25) is 14.5 Å². The quantitative estimate of drug-likeness (QED) is 0.0304. The molecule has 0 unspecified atom stereocenters. The van der Waals surface area contributed by atoms with Crippen molar-refractivity contribution in [2.45, 2.75) is 57.8 Å². The van der Waals surface area contributed by atoms with Crippen LogP contribution in [-0.4, -0.2) is 97.2 Å². The summed E-state index contributed by atoms with van der Waals surface area (Å²) < 4.78 is 35.5. The zero-order chi connectivity index (χ0) is 27.6. The number of aliphatic imine (C=N–C) groups is 2. The molecule has 0 spiro atoms. The number of nitrogens with two attached hydrogens (primary N) is 2. The number of phosphoric acid groups is 1. The van der Waals surface area contributed by atoms with E-state index in [1.165, 1.54) is 0 Å². The maximum atomic E-state index is 10.5. The summed E-state index contributed by atoms with van der Waals surface area (Å²) in [6, 6.07) is 0. The summed E-state index contributed by atoms with van der Waals surface area (Å²) in [7, 11) is -6.68. The maximum Gasteiger partial charge on any atom is 0.469 e. The van der Waals surface area contributed by atoms with Crippen LogP contribution in [0, 0.1) is 0 Å². The summed E-state index contributed by atoms with van der Waals surface area (Å²) in [5.74, 6) is 1.26. The summed E-state index contributed by atoms with van der Waals surface area (Å²) in [5.41, 5.74) is 11.9. The van der Waals surface area contributed by atoms with Crippen LogP contribution in [0.5, 0.6) is 0 Å². The number of nitrogens with zero attached hydrogens (tertiary/aromatic N) is 2. The molecule has 0 aliphatic carbocycles. The maximum absolute atomic E-state index is 10.5. The summed E-state index contributed by atoms with van der Waals surface area (Å²) in [6.07, 6.45) is 7.56. The van der Waals surface area contributed by atoms with Gasteiger partial charge in [0.2, 0.25) is 0 Å². The van der Waals surface area contributed by atoms with Crippen molar-refractivity contribution in [1.82, 2.24) is 0 Å². The molecule has 0 aliphatic heterocycles. The Bertz CT molecular complexity index is 645. The Morgan fingerprint density at radius 3 is 1.68 bits per heavy atom. The van der Waals surface area contributed by atoms with Crippen LogP contribution in [-0.2, 0) is 48.9 Å². The van der Waals surface area contributed by atoms with Crippen LogP contribution >= 0.6 is 16.4 Å². The van der Waals surface area contributed by atoms with E-state index in [-0.39, 0.29) is 40.9 Å². The van der Waals surface area contributed by atoms with Gasteiger partial charge < -0.3 is 49.8 Å². The van der Waals surface area contributed by atoms with E-state index in [0.717, 1.165) is 51.4 Å². The van der Waals surface area contributed by atoms with Crippen LogP contribution in [0.1, 0.15) is 57.8 Å². The molecule has 0 fully saturated rings. The van der Waals surface area contributed by atoms with Crippen molar-refractivity contribution in [3.05, 3.63) is 0 Å². The predicted octanol–water partition coefficient (Wildman–Crippen LogP) is 1.60. The van der Waals surface area contributed by atoms with E-state index in [0.29, 0.717) is 64.2 Å². The summed E-state index contributed by atoms with van der Waals surface area (Å²) >= 11 is 0. The van der Waals surface area contributed by atoms with Gasteiger partial charge in [0, 0.05) is 40.5 Å². The van der Waals surface area contributed by atoms with Gasteiger partial charge in [-0.25, -0.2) is 4.57 Å². The van der Waals surface area contributed by atoms with Gasteiger partial charge in [0.15, 0.2) is 0 Å². The Morgan fingerprint density at radius 1 is 0.658 bits per heavy atom. The third kappa shape index (κ3) is 34.0. The van der Waals surface area contributed by atoms with Gasteiger partial charge in [0.25, 0.3) is 0 Å². The first kappa shape index (κ1) is 40.1. The topological polar surface area (TPSA) is 221 Å². The van der Waals surface area contributed by atoms with E-state index < -0.39 is 16.4 Å². The second kappa shape index (κ2) is 28.5. The largest absolute Gasteiger partial charge is 0.469 e. The summed E-state index contributed by atoms with van der Waals surface area (Å²) in [5, 5.41) is 0. The van der Waals surface area contributed by atoms with Crippen LogP contribution in [0.15, 0.2) is 9.98 Å². The minimum Gasteiger partial charge on any atom is -0.387 e. The second-order valence-electron chi connectivity index (χ2n) is 7.97. The van der Waals surface area contributed by atoms with E-state index in [1.54, 1.807) is 0 Å². The van der Waals surface area contributed by atoms with Crippen molar-refractivity contribution in [2.24, 2.45) is 21.5 Å². The van der Waals surface area contributed by atoms with Crippen LogP contribution in [0.4, 0.5) is 0 Å². The van der Waals surface area contributed by atoms with E-state index in [4.69, 9.17) is 45.3 Å². The van der Waals surface area contributed by atoms with E-state index in [9.17, 15) is 4.57 Å². The number of ether oxygens (including phenoxy) is 3. The first-order valence-electron chi connectivity index (χ1n) is 12.5. The molecule has 0 bridgehead atoms. The molecule has 0 heterocycles. The number of amidine groups is 2. The molecule has 0 aromatic heterocycles. The standard InChI is InChI=1S/C21H46N4O10P2.W/c22-20(24-10-6-1-2-7-12-35-37(28,29)30)8-4-3-5-9-21(23)25-11-13-31-14-15-32-16-17-33-18-19-34-36(26)27;/h26-27H,1-19H2,(H2,22,24)(H2,23,25)(H2,28,29,30);. The van der Waals surface area contributed by atoms with Crippen molar-refractivity contribution >= 4 is 28.1 Å². The van der Waals surface area contributed by atoms with E-state index >= 15 is 0 Å². The van der Waals surface area contributed by atoms with Gasteiger partial charge in [-0.05, 0) is 25.7 Å². The third-order valence-corrected chi connectivity index (χ3v) is 5.65. The van der Waals surface area contributed by atoms with E-state index in [1.807, 2.05) is 0 Å². The van der Waals surface area contributed by atoms with Crippen LogP contribution in [0.3, 0.4) is 0 Å². The molecule has 0 saturated heterocycles. The van der Waals surface area contributed by atoms with Crippen LogP contribution in [0.25, 0.3) is 0 Å². The average molecular weight is 760 g/mol. The number of rotatable bonds is 27. The molecule has 0 saturated carbocycles. The van der Waals surface area contributed by atoms with Crippen molar-refractivity contribution in [1.29, 1.82) is 0 Å². The number of hydrogen-bond donors (Lipinski definition) is 6. The van der Waals surface area contributed by atoms with Crippen molar-refractivity contribution in [2.75, 3.05) is 65.9 Å². The summed E-state index contributed by atoms with van der Waals surface area (Å²) in [4.78, 5) is 42.9. The fraction of sp³-hybridized carbons (Fsp3) is 0.905. The normalized spacial score (nSPS) is 12.8. The molecule has 38 heavy (non-hydrogen) atoms. The molecule has 0 amide bonds. The molecule has 0 radical (unpaired) electrons. The fourth-order valence-corrected chi connectivity index (χ4v) is 3.50. The molecule has 14 nitrogen and oxygen atoms in total. The molecule has 0 rings (SSSR count). The van der Waals surface area contributed by atoms with Gasteiger partial charge in [0.05, 0.1) is 71.1 Å². The molecule has 8 N–H and O–H groups in total. The van der Waals surface area contributed by atoms with Gasteiger partial charge in [-0.1, -0.05) is 19.3 Å². The van der Waals surface area contributed by atoms with Crippen molar-refractivity contribution < 1.29 is 68.5 Å². The average Bonchev–Trinajstić information content (AvgIpc) is 2.82. The SMILES string of the molecule is NC(CCCCCC(N)=NCCOCCOCCOCCOP(O)O)=NCCCCCCOP(=O)(O)O.[W]. The minimum atomic E-state index is -4.35. The molecule has 17 heteroatoms. The van der Waals surface area contributed by atoms with Crippen molar-refractivity contribution in [3.63, 3.8) is 0 Å². The van der Waals surface area contributed by atoms with Gasteiger partial charge in [-0.15, -0.1) is 0 Å². The molecular weight excluding hydrogens is 714 g/mol. The Morgan fingerprint density at radius 2 is 1.13 bits per heavy atom. The van der Waals surface area contributed by atoms with Gasteiger partial charge in [0.1, 0.15) is 0 Å². The Hall–Kier alpha value is -0.0717. The Labute approximate surface area is 241 Å². The van der Waals surface area contributed by atoms with Gasteiger partial charge in [-0.2, -0.15) is 0 Å². The van der Waals surface area contributed by atoms with Gasteiger partial charge >= 0.3 is 16.4 Å². The number of unbranched alkanes of at least 4 members (excludes halogenated alkanes) is 5. The molecule has 226 valence electrons. The second-order valence-corrected chi connectivity index (χ2v) is 9.97. The first-order chi connectivity index (χ1) is 17.7. The van der Waals surface area contributed by atoms with Crippen LogP contribution in [0.2, 0.25) is 0 Å². The number of hydrogen-bond acceptors (Lipinski definition) is 10. The smallest absolute Gasteiger partial charge is 0.387 e. The minimum absolute atomic E-state index is 0. The Balaban J connectivity index is 0. The molecule has 0 aromatic carbocycles. The first-order valence-corrected chi connectivity index (χ1v) is 15.2. The zero-order valence-corrected chi connectivity index (χ0v) is 26.7.